The van der Waals surface area contributed by atoms with E-state index in [4.69, 9.17) is 9.84 Å². The van der Waals surface area contributed by atoms with Crippen molar-refractivity contribution in [2.24, 2.45) is 0 Å². The van der Waals surface area contributed by atoms with Crippen LogP contribution >= 0.6 is 0 Å². The summed E-state index contributed by atoms with van der Waals surface area (Å²) in [6, 6.07) is 13.2. The number of rotatable bonds is 5. The lowest BCUT2D eigenvalue weighted by Gasteiger charge is -2.13. The van der Waals surface area contributed by atoms with Crippen LogP contribution in [0, 0.1) is 6.92 Å². The molecule has 0 bridgehead atoms. The molecule has 0 aliphatic carbocycles. The predicted octanol–water partition coefficient (Wildman–Crippen LogP) is 3.24. The van der Waals surface area contributed by atoms with E-state index in [1.165, 1.54) is 6.92 Å². The summed E-state index contributed by atoms with van der Waals surface area (Å²) in [5.41, 5.74) is 0.291. The second-order valence-electron chi connectivity index (χ2n) is 6.05. The predicted molar refractivity (Wildman–Crippen MR) is 99.2 cm³/mol. The van der Waals surface area contributed by atoms with Crippen molar-refractivity contribution in [2.45, 2.75) is 19.9 Å². The summed E-state index contributed by atoms with van der Waals surface area (Å²) < 4.78 is 5.78. The van der Waals surface area contributed by atoms with Crippen molar-refractivity contribution in [3.8, 4) is 17.2 Å². The van der Waals surface area contributed by atoms with Gasteiger partial charge in [0.15, 0.2) is 11.4 Å². The molecule has 0 fully saturated rings. The molecule has 0 aliphatic heterocycles. The fraction of sp³-hybridized carbons (Fsp3) is 0.150. The summed E-state index contributed by atoms with van der Waals surface area (Å²) in [6.07, 6.45) is 0. The number of aliphatic carboxylic acids is 1. The Morgan fingerprint density at radius 2 is 1.78 bits per heavy atom. The minimum Gasteiger partial charge on any atom is -0.505 e. The van der Waals surface area contributed by atoms with Crippen molar-refractivity contribution >= 4 is 22.6 Å². The van der Waals surface area contributed by atoms with Crippen molar-refractivity contribution < 1.29 is 24.5 Å². The van der Waals surface area contributed by atoms with Gasteiger partial charge < -0.3 is 20.3 Å². The van der Waals surface area contributed by atoms with Crippen molar-refractivity contribution in [1.29, 1.82) is 0 Å². The summed E-state index contributed by atoms with van der Waals surface area (Å²) >= 11 is 0. The number of nitrogens with one attached hydrogen (secondary N) is 1. The van der Waals surface area contributed by atoms with E-state index in [0.29, 0.717) is 28.0 Å². The minimum atomic E-state index is -1.18. The van der Waals surface area contributed by atoms with Crippen molar-refractivity contribution in [1.82, 2.24) is 10.3 Å². The Bertz CT molecular complexity index is 1020. The Balaban J connectivity index is 1.96. The molecule has 3 aromatic rings. The van der Waals surface area contributed by atoms with Gasteiger partial charge in [0, 0.05) is 16.5 Å². The number of nitrogens with zero attached hydrogens (tertiary/aromatic N) is 1. The highest BCUT2D eigenvalue weighted by Gasteiger charge is 2.21. The average Bonchev–Trinajstić information content (AvgIpc) is 2.65. The van der Waals surface area contributed by atoms with Crippen molar-refractivity contribution in [2.75, 3.05) is 0 Å². The maximum atomic E-state index is 12.3. The molecule has 3 rings (SSSR count). The van der Waals surface area contributed by atoms with Crippen LogP contribution in [0.15, 0.2) is 48.5 Å². The van der Waals surface area contributed by atoms with Gasteiger partial charge in [-0.2, -0.15) is 0 Å². The molecule has 7 nitrogen and oxygen atoms in total. The highest BCUT2D eigenvalue weighted by Crippen LogP contribution is 2.33. The number of carboxylic acid groups (broad SMARTS) is 1. The summed E-state index contributed by atoms with van der Waals surface area (Å²) in [4.78, 5) is 27.3. The van der Waals surface area contributed by atoms with E-state index >= 15 is 0 Å². The van der Waals surface area contributed by atoms with Crippen LogP contribution in [-0.2, 0) is 4.79 Å². The van der Waals surface area contributed by atoms with Gasteiger partial charge >= 0.3 is 5.97 Å². The largest absolute Gasteiger partial charge is 0.505 e. The van der Waals surface area contributed by atoms with Crippen LogP contribution in [0.25, 0.3) is 10.8 Å². The summed E-state index contributed by atoms with van der Waals surface area (Å²) in [5, 5.41) is 22.7. The molecule has 7 heteroatoms. The zero-order valence-electron chi connectivity index (χ0n) is 14.8. The topological polar surface area (TPSA) is 109 Å². The normalized spacial score (nSPS) is 11.8. The Kier molecular flexibility index (Phi) is 4.94. The zero-order chi connectivity index (χ0) is 19.6. The first kappa shape index (κ1) is 18.2. The van der Waals surface area contributed by atoms with E-state index in [9.17, 15) is 14.7 Å². The van der Waals surface area contributed by atoms with Gasteiger partial charge in [0.05, 0.1) is 0 Å². The first-order valence-corrected chi connectivity index (χ1v) is 8.26. The number of carbonyl (C=O) groups excluding carboxylic acids is 1. The first-order valence-electron chi connectivity index (χ1n) is 8.26. The number of fused-ring (bicyclic) bond motifs is 1. The van der Waals surface area contributed by atoms with Gasteiger partial charge in [-0.05, 0) is 44.2 Å². The summed E-state index contributed by atoms with van der Waals surface area (Å²) in [6.45, 7) is 3.03. The third kappa shape index (κ3) is 3.82. The third-order valence-corrected chi connectivity index (χ3v) is 4.05. The second-order valence-corrected chi connectivity index (χ2v) is 6.05. The van der Waals surface area contributed by atoms with Crippen LogP contribution in [0.5, 0.6) is 17.2 Å². The van der Waals surface area contributed by atoms with E-state index in [0.717, 1.165) is 0 Å². The van der Waals surface area contributed by atoms with Crippen molar-refractivity contribution in [3.05, 3.63) is 59.9 Å². The smallest absolute Gasteiger partial charge is 0.325 e. The van der Waals surface area contributed by atoms with E-state index < -0.39 is 17.9 Å². The van der Waals surface area contributed by atoms with Gasteiger partial charge in [-0.3, -0.25) is 9.59 Å². The van der Waals surface area contributed by atoms with Crippen LogP contribution in [0.4, 0.5) is 0 Å². The van der Waals surface area contributed by atoms with Crippen LogP contribution in [-0.4, -0.2) is 33.1 Å². The molecule has 0 radical (unpaired) electrons. The molecular formula is C20H18N2O5. The maximum Gasteiger partial charge on any atom is 0.325 e. The monoisotopic (exact) mass is 366 g/mol. The number of aromatic nitrogens is 1. The average molecular weight is 366 g/mol. The molecule has 138 valence electrons. The maximum absolute atomic E-state index is 12.3. The van der Waals surface area contributed by atoms with Crippen LogP contribution in [0.1, 0.15) is 23.1 Å². The molecule has 1 heterocycles. The van der Waals surface area contributed by atoms with Gasteiger partial charge in [-0.25, -0.2) is 4.98 Å². The molecule has 0 saturated carbocycles. The van der Waals surface area contributed by atoms with Gasteiger partial charge in [0.25, 0.3) is 5.91 Å². The van der Waals surface area contributed by atoms with E-state index in [1.807, 2.05) is 30.3 Å². The number of aromatic hydroxyl groups is 1. The Labute approximate surface area is 155 Å². The number of hydrogen-bond acceptors (Lipinski definition) is 5. The first-order chi connectivity index (χ1) is 12.9. The Morgan fingerprint density at radius 1 is 1.07 bits per heavy atom. The molecule has 1 atom stereocenters. The lowest BCUT2D eigenvalue weighted by Crippen LogP contribution is -2.38. The standard InChI is InChI=1S/C20H18N2O5/c1-11-16-10-14(27-13-6-4-3-5-7-13)8-9-15(16)18(23)17(21-11)19(24)22-12(2)20(25)26/h3-10,12,23H,1-2H3,(H,22,24)(H,25,26)/t12-/m0/s1. The van der Waals surface area contributed by atoms with Gasteiger partial charge in [-0.1, -0.05) is 18.2 Å². The highest BCUT2D eigenvalue weighted by molar-refractivity contribution is 6.03. The van der Waals surface area contributed by atoms with E-state index in [2.05, 4.69) is 10.3 Å². The molecule has 1 amide bonds. The van der Waals surface area contributed by atoms with Crippen LogP contribution < -0.4 is 10.1 Å². The Morgan fingerprint density at radius 3 is 2.44 bits per heavy atom. The number of para-hydroxylation sites is 1. The molecule has 2 aromatic carbocycles. The Hall–Kier alpha value is -3.61. The number of carboxylic acids is 1. The fourth-order valence-electron chi connectivity index (χ4n) is 2.61. The number of amides is 1. The summed E-state index contributed by atoms with van der Waals surface area (Å²) in [7, 11) is 0. The number of pyridine rings is 1. The van der Waals surface area contributed by atoms with Gasteiger partial charge in [0.1, 0.15) is 17.5 Å². The SMILES string of the molecule is Cc1nc(C(=O)N[C@@H](C)C(=O)O)c(O)c2ccc(Oc3ccccc3)cc12. The van der Waals surface area contributed by atoms with E-state index in [1.54, 1.807) is 25.1 Å². The molecule has 27 heavy (non-hydrogen) atoms. The second kappa shape index (κ2) is 7.33. The molecule has 3 N–H and O–H groups in total. The lowest BCUT2D eigenvalue weighted by molar-refractivity contribution is -0.138. The van der Waals surface area contributed by atoms with Crippen LogP contribution in [0.2, 0.25) is 0 Å². The van der Waals surface area contributed by atoms with E-state index in [-0.39, 0.29) is 11.4 Å². The van der Waals surface area contributed by atoms with Crippen LogP contribution in [0.3, 0.4) is 0 Å². The molecule has 0 unspecified atom stereocenters. The molecule has 0 aliphatic rings. The number of benzene rings is 2. The minimum absolute atomic E-state index is 0.218. The number of carbonyl (C=O) groups is 2. The molecule has 0 spiro atoms. The third-order valence-electron chi connectivity index (χ3n) is 4.05. The summed E-state index contributed by atoms with van der Waals surface area (Å²) in [5.74, 6) is -1.00. The molecule has 1 aromatic heterocycles. The number of ether oxygens (including phenoxy) is 1. The molecular weight excluding hydrogens is 348 g/mol. The quantitative estimate of drug-likeness (QED) is 0.640. The number of hydrogen-bond donors (Lipinski definition) is 3. The zero-order valence-corrected chi connectivity index (χ0v) is 14.8. The fourth-order valence-corrected chi connectivity index (χ4v) is 2.61. The highest BCUT2D eigenvalue weighted by atomic mass is 16.5. The molecule has 0 saturated heterocycles. The van der Waals surface area contributed by atoms with Gasteiger partial charge in [0.2, 0.25) is 0 Å². The van der Waals surface area contributed by atoms with Gasteiger partial charge in [-0.15, -0.1) is 0 Å². The number of aryl methyl sites for hydroxylation is 1. The van der Waals surface area contributed by atoms with Crippen molar-refractivity contribution in [3.63, 3.8) is 0 Å². The lowest BCUT2D eigenvalue weighted by atomic mass is 10.1.